The molecule has 0 fully saturated rings. The van der Waals surface area contributed by atoms with E-state index in [-0.39, 0.29) is 0 Å². The molecule has 302 valence electrons. The van der Waals surface area contributed by atoms with Gasteiger partial charge in [0, 0.05) is 83.7 Å². The van der Waals surface area contributed by atoms with E-state index in [0.29, 0.717) is 0 Å². The summed E-state index contributed by atoms with van der Waals surface area (Å²) in [4.78, 5) is 22.0. The Balaban J connectivity index is 1.22. The van der Waals surface area contributed by atoms with Gasteiger partial charge in [-0.1, -0.05) is 121 Å². The Morgan fingerprint density at radius 2 is 0.500 bits per heavy atom. The van der Waals surface area contributed by atoms with E-state index < -0.39 is 0 Å². The molecule has 0 atom stereocenters. The smallest absolute Gasteiger partial charge is 0.0492 e. The zero-order valence-corrected chi connectivity index (χ0v) is 34.8. The van der Waals surface area contributed by atoms with Crippen molar-refractivity contribution in [3.8, 4) is 44.5 Å². The fourth-order valence-corrected chi connectivity index (χ4v) is 8.89. The Hall–Kier alpha value is -8.74. The fraction of sp³-hybridized carbons (Fsp3) is 0. The molecule has 0 radical (unpaired) electrons. The van der Waals surface area contributed by atoms with E-state index in [0.717, 1.165) is 77.9 Å². The van der Waals surface area contributed by atoms with Crippen LogP contribution in [0.3, 0.4) is 0 Å². The van der Waals surface area contributed by atoms with Crippen molar-refractivity contribution in [2.24, 2.45) is 0 Å². The molecular weight excluding hydrogens is 781 g/mol. The van der Waals surface area contributed by atoms with E-state index in [1.807, 2.05) is 98.1 Å². The SMILES string of the molecule is c1ccc(-c2ccc(-c3c4ccc(N(c5ccncc5)c5ccncc5)cc4c(-c4ccc(-c5ccccc5)cc4)c4ccc(N(c5ccncc5)c5ccncc5)cc34)cc2)cc1. The van der Waals surface area contributed by atoms with Gasteiger partial charge in [0.05, 0.1) is 0 Å². The molecule has 0 saturated carbocycles. The molecule has 11 rings (SSSR count). The zero-order valence-electron chi connectivity index (χ0n) is 34.8. The van der Waals surface area contributed by atoms with Gasteiger partial charge in [-0.25, -0.2) is 0 Å². The maximum atomic E-state index is 4.36. The summed E-state index contributed by atoms with van der Waals surface area (Å²) < 4.78 is 0. The van der Waals surface area contributed by atoms with Gasteiger partial charge in [0.15, 0.2) is 0 Å². The van der Waals surface area contributed by atoms with Crippen LogP contribution in [-0.4, -0.2) is 19.9 Å². The molecule has 0 aliphatic rings. The Bertz CT molecular complexity index is 3020. The Kier molecular flexibility index (Phi) is 10.1. The molecule has 4 aromatic heterocycles. The van der Waals surface area contributed by atoms with Crippen molar-refractivity contribution in [1.82, 2.24) is 19.9 Å². The van der Waals surface area contributed by atoms with Crippen LogP contribution in [0.4, 0.5) is 34.1 Å². The molecule has 64 heavy (non-hydrogen) atoms. The molecule has 6 nitrogen and oxygen atoms in total. The normalized spacial score (nSPS) is 11.1. The predicted molar refractivity (Wildman–Crippen MR) is 264 cm³/mol. The Labute approximate surface area is 372 Å². The molecule has 7 aromatic carbocycles. The van der Waals surface area contributed by atoms with E-state index in [1.54, 1.807) is 0 Å². The van der Waals surface area contributed by atoms with Crippen LogP contribution in [-0.2, 0) is 0 Å². The van der Waals surface area contributed by atoms with E-state index in [9.17, 15) is 0 Å². The van der Waals surface area contributed by atoms with Gasteiger partial charge in [-0.15, -0.1) is 0 Å². The summed E-state index contributed by atoms with van der Waals surface area (Å²) >= 11 is 0. The molecule has 4 heterocycles. The first-order chi connectivity index (χ1) is 31.8. The summed E-state index contributed by atoms with van der Waals surface area (Å²) in [5.41, 5.74) is 15.3. The Morgan fingerprint density at radius 1 is 0.219 bits per heavy atom. The van der Waals surface area contributed by atoms with Crippen LogP contribution in [0.5, 0.6) is 0 Å². The van der Waals surface area contributed by atoms with Gasteiger partial charge in [-0.3, -0.25) is 19.9 Å². The number of nitrogens with zero attached hydrogens (tertiary/aromatic N) is 6. The van der Waals surface area contributed by atoms with Crippen molar-refractivity contribution in [2.75, 3.05) is 9.80 Å². The van der Waals surface area contributed by atoms with Gasteiger partial charge >= 0.3 is 0 Å². The lowest BCUT2D eigenvalue weighted by Crippen LogP contribution is -2.10. The summed E-state index contributed by atoms with van der Waals surface area (Å²) in [6.45, 7) is 0. The van der Waals surface area contributed by atoms with Crippen LogP contribution in [0.2, 0.25) is 0 Å². The first kappa shape index (κ1) is 38.2. The predicted octanol–water partition coefficient (Wildman–Crippen LogP) is 15.2. The van der Waals surface area contributed by atoms with Crippen LogP contribution in [0, 0.1) is 0 Å². The first-order valence-electron chi connectivity index (χ1n) is 21.3. The van der Waals surface area contributed by atoms with E-state index in [2.05, 4.69) is 175 Å². The monoisotopic (exact) mass is 820 g/mol. The lowest BCUT2D eigenvalue weighted by molar-refractivity contribution is 1.22. The minimum absolute atomic E-state index is 1.00. The lowest BCUT2D eigenvalue weighted by atomic mass is 9.84. The highest BCUT2D eigenvalue weighted by atomic mass is 15.1. The number of hydrogen-bond donors (Lipinski definition) is 0. The second kappa shape index (κ2) is 17.0. The van der Waals surface area contributed by atoms with Gasteiger partial charge in [-0.05, 0) is 139 Å². The van der Waals surface area contributed by atoms with Crippen molar-refractivity contribution in [1.29, 1.82) is 0 Å². The third-order valence-corrected chi connectivity index (χ3v) is 11.8. The molecule has 0 saturated heterocycles. The molecule has 0 unspecified atom stereocenters. The quantitative estimate of drug-likeness (QED) is 0.128. The van der Waals surface area contributed by atoms with Gasteiger partial charge < -0.3 is 9.80 Å². The molecular formula is C58H40N6. The number of hydrogen-bond acceptors (Lipinski definition) is 6. The van der Waals surface area contributed by atoms with Crippen molar-refractivity contribution in [2.45, 2.75) is 0 Å². The van der Waals surface area contributed by atoms with Crippen molar-refractivity contribution in [3.63, 3.8) is 0 Å². The van der Waals surface area contributed by atoms with Crippen molar-refractivity contribution < 1.29 is 0 Å². The zero-order chi connectivity index (χ0) is 42.7. The number of benzene rings is 7. The van der Waals surface area contributed by atoms with Crippen LogP contribution < -0.4 is 9.80 Å². The highest BCUT2D eigenvalue weighted by Gasteiger charge is 2.22. The number of fused-ring (bicyclic) bond motifs is 2. The number of anilines is 6. The van der Waals surface area contributed by atoms with E-state index >= 15 is 0 Å². The lowest BCUT2D eigenvalue weighted by Gasteiger charge is -2.28. The standard InChI is InChI=1S/C58H40N6/c1-3-7-41(8-4-1)43-11-15-45(16-12-43)57-53-21-19-52(64(49-27-35-61-36-28-49)50-29-37-62-38-30-50)40-56(53)58(46-17-13-44(14-18-46)42-9-5-2-6-10-42)54-22-20-51(39-55(54)57)63(47-23-31-59-32-24-47)48-25-33-60-34-26-48/h1-40H. The van der Waals surface area contributed by atoms with E-state index in [4.69, 9.17) is 0 Å². The summed E-state index contributed by atoms with van der Waals surface area (Å²) in [6, 6.07) is 69.4. The van der Waals surface area contributed by atoms with E-state index in [1.165, 1.54) is 22.3 Å². The average molecular weight is 821 g/mol. The summed E-state index contributed by atoms with van der Waals surface area (Å²) in [6.07, 6.45) is 14.7. The maximum Gasteiger partial charge on any atom is 0.0492 e. The van der Waals surface area contributed by atoms with Crippen LogP contribution >= 0.6 is 0 Å². The van der Waals surface area contributed by atoms with Gasteiger partial charge in [0.25, 0.3) is 0 Å². The highest BCUT2D eigenvalue weighted by molar-refractivity contribution is 6.22. The van der Waals surface area contributed by atoms with Gasteiger partial charge in [0.2, 0.25) is 0 Å². The maximum absolute atomic E-state index is 4.36. The third kappa shape index (κ3) is 7.29. The molecule has 0 spiro atoms. The van der Waals surface area contributed by atoms with Crippen molar-refractivity contribution >= 4 is 55.7 Å². The molecule has 0 bridgehead atoms. The first-order valence-corrected chi connectivity index (χ1v) is 21.3. The summed E-state index contributed by atoms with van der Waals surface area (Å²) in [5, 5.41) is 4.57. The largest absolute Gasteiger partial charge is 0.310 e. The van der Waals surface area contributed by atoms with Crippen LogP contribution in [0.25, 0.3) is 66.1 Å². The second-order valence-electron chi connectivity index (χ2n) is 15.6. The van der Waals surface area contributed by atoms with Crippen molar-refractivity contribution in [3.05, 3.63) is 244 Å². The summed E-state index contributed by atoms with van der Waals surface area (Å²) in [7, 11) is 0. The topological polar surface area (TPSA) is 58.0 Å². The number of aromatic nitrogens is 4. The number of rotatable bonds is 10. The fourth-order valence-electron chi connectivity index (χ4n) is 8.89. The Morgan fingerprint density at radius 3 is 0.812 bits per heavy atom. The highest BCUT2D eigenvalue weighted by Crippen LogP contribution is 2.48. The summed E-state index contributed by atoms with van der Waals surface area (Å²) in [5.74, 6) is 0. The minimum Gasteiger partial charge on any atom is -0.310 e. The van der Waals surface area contributed by atoms with Crippen LogP contribution in [0.15, 0.2) is 244 Å². The van der Waals surface area contributed by atoms with Gasteiger partial charge in [-0.2, -0.15) is 0 Å². The molecule has 0 N–H and O–H groups in total. The molecule has 0 amide bonds. The third-order valence-electron chi connectivity index (χ3n) is 11.8. The minimum atomic E-state index is 1.00. The number of pyridine rings is 4. The average Bonchev–Trinajstić information content (AvgIpc) is 3.38. The molecule has 0 aliphatic heterocycles. The molecule has 0 aliphatic carbocycles. The van der Waals surface area contributed by atoms with Crippen LogP contribution in [0.1, 0.15) is 0 Å². The van der Waals surface area contributed by atoms with Gasteiger partial charge in [0.1, 0.15) is 0 Å². The molecule has 11 aromatic rings. The second-order valence-corrected chi connectivity index (χ2v) is 15.6. The molecule has 6 heteroatoms.